The molecule has 0 radical (unpaired) electrons. The van der Waals surface area contributed by atoms with Crippen LogP contribution in [0.2, 0.25) is 0 Å². The van der Waals surface area contributed by atoms with Crippen molar-refractivity contribution in [3.8, 4) is 11.1 Å². The molecule has 0 aliphatic rings. The van der Waals surface area contributed by atoms with Crippen molar-refractivity contribution in [2.24, 2.45) is 0 Å². The van der Waals surface area contributed by atoms with E-state index in [1.54, 1.807) is 7.05 Å². The van der Waals surface area contributed by atoms with Crippen molar-refractivity contribution in [3.63, 3.8) is 0 Å². The van der Waals surface area contributed by atoms with Crippen LogP contribution in [0.1, 0.15) is 9.67 Å². The Morgan fingerprint density at radius 1 is 1.20 bits per heavy atom. The van der Waals surface area contributed by atoms with Crippen molar-refractivity contribution in [2.75, 3.05) is 20.7 Å². The SMILES string of the molecule is COC(=O)CN(C)C(=O)c1sccc1-c1ccccc1. The number of methoxy groups -OCH3 is 1. The van der Waals surface area contributed by atoms with Crippen LogP contribution in [-0.4, -0.2) is 37.5 Å². The van der Waals surface area contributed by atoms with Crippen molar-refractivity contribution in [3.05, 3.63) is 46.7 Å². The van der Waals surface area contributed by atoms with E-state index in [4.69, 9.17) is 0 Å². The van der Waals surface area contributed by atoms with Gasteiger partial charge < -0.3 is 9.64 Å². The molecule has 0 saturated carbocycles. The summed E-state index contributed by atoms with van der Waals surface area (Å²) in [6.45, 7) is -0.0541. The van der Waals surface area contributed by atoms with Gasteiger partial charge in [0.05, 0.1) is 12.0 Å². The molecule has 0 bridgehead atoms. The summed E-state index contributed by atoms with van der Waals surface area (Å²) in [6, 6.07) is 11.6. The number of carbonyl (C=O) groups excluding carboxylic acids is 2. The number of likely N-dealkylation sites (N-methyl/N-ethyl adjacent to an activating group) is 1. The molecule has 104 valence electrons. The quantitative estimate of drug-likeness (QED) is 0.813. The van der Waals surface area contributed by atoms with Gasteiger partial charge in [-0.05, 0) is 17.0 Å². The van der Waals surface area contributed by atoms with E-state index in [-0.39, 0.29) is 12.5 Å². The molecule has 2 aromatic rings. The summed E-state index contributed by atoms with van der Waals surface area (Å²) in [5, 5.41) is 1.88. The number of nitrogens with zero attached hydrogens (tertiary/aromatic N) is 1. The van der Waals surface area contributed by atoms with Crippen molar-refractivity contribution in [1.82, 2.24) is 4.90 Å². The Morgan fingerprint density at radius 3 is 2.55 bits per heavy atom. The fourth-order valence-corrected chi connectivity index (χ4v) is 2.73. The first-order chi connectivity index (χ1) is 9.63. The third kappa shape index (κ3) is 3.05. The molecule has 1 aromatic heterocycles. The van der Waals surface area contributed by atoms with Crippen LogP contribution in [-0.2, 0) is 9.53 Å². The van der Waals surface area contributed by atoms with E-state index in [9.17, 15) is 9.59 Å². The standard InChI is InChI=1S/C15H15NO3S/c1-16(10-13(17)19-2)15(18)14-12(8-9-20-14)11-6-4-3-5-7-11/h3-9H,10H2,1-2H3. The second-order valence-corrected chi connectivity index (χ2v) is 5.18. The minimum Gasteiger partial charge on any atom is -0.468 e. The Labute approximate surface area is 121 Å². The second-order valence-electron chi connectivity index (χ2n) is 4.27. The van der Waals surface area contributed by atoms with Crippen LogP contribution in [0.5, 0.6) is 0 Å². The predicted molar refractivity (Wildman–Crippen MR) is 78.7 cm³/mol. The lowest BCUT2D eigenvalue weighted by molar-refractivity contribution is -0.141. The van der Waals surface area contributed by atoms with Gasteiger partial charge in [0.2, 0.25) is 0 Å². The molecule has 5 heteroatoms. The molecule has 1 heterocycles. The highest BCUT2D eigenvalue weighted by Crippen LogP contribution is 2.29. The van der Waals surface area contributed by atoms with Crippen molar-refractivity contribution in [2.45, 2.75) is 0 Å². The first kappa shape index (κ1) is 14.3. The molecule has 0 N–H and O–H groups in total. The van der Waals surface area contributed by atoms with Gasteiger partial charge in [0.1, 0.15) is 6.54 Å². The number of benzene rings is 1. The van der Waals surface area contributed by atoms with Gasteiger partial charge in [0.25, 0.3) is 5.91 Å². The fraction of sp³-hybridized carbons (Fsp3) is 0.200. The maximum Gasteiger partial charge on any atom is 0.325 e. The average Bonchev–Trinajstić information content (AvgIpc) is 2.96. The second kappa shape index (κ2) is 6.34. The highest BCUT2D eigenvalue weighted by atomic mass is 32.1. The van der Waals surface area contributed by atoms with Crippen LogP contribution in [0.4, 0.5) is 0 Å². The van der Waals surface area contributed by atoms with Gasteiger partial charge in [-0.15, -0.1) is 11.3 Å². The number of thiophene rings is 1. The van der Waals surface area contributed by atoms with Crippen LogP contribution in [0.25, 0.3) is 11.1 Å². The van der Waals surface area contributed by atoms with Crippen molar-refractivity contribution in [1.29, 1.82) is 0 Å². The van der Waals surface area contributed by atoms with Gasteiger partial charge in [-0.3, -0.25) is 9.59 Å². The van der Waals surface area contributed by atoms with Gasteiger partial charge in [0.15, 0.2) is 0 Å². The van der Waals surface area contributed by atoms with E-state index in [0.29, 0.717) is 4.88 Å². The molecule has 0 atom stereocenters. The molecule has 20 heavy (non-hydrogen) atoms. The molecule has 2 rings (SSSR count). The normalized spacial score (nSPS) is 10.1. The molecule has 0 aliphatic carbocycles. The summed E-state index contributed by atoms with van der Waals surface area (Å²) >= 11 is 1.37. The molecular formula is C15H15NO3S. The maximum absolute atomic E-state index is 12.4. The number of esters is 1. The van der Waals surface area contributed by atoms with E-state index in [1.165, 1.54) is 23.3 Å². The lowest BCUT2D eigenvalue weighted by atomic mass is 10.1. The Hall–Kier alpha value is -2.14. The Morgan fingerprint density at radius 2 is 1.90 bits per heavy atom. The van der Waals surface area contributed by atoms with Crippen LogP contribution < -0.4 is 0 Å². The van der Waals surface area contributed by atoms with E-state index >= 15 is 0 Å². The van der Waals surface area contributed by atoms with E-state index in [1.807, 2.05) is 41.8 Å². The zero-order chi connectivity index (χ0) is 14.5. The summed E-state index contributed by atoms with van der Waals surface area (Å²) in [6.07, 6.45) is 0. The topological polar surface area (TPSA) is 46.6 Å². The molecular weight excluding hydrogens is 274 g/mol. The van der Waals surface area contributed by atoms with Crippen molar-refractivity contribution < 1.29 is 14.3 Å². The van der Waals surface area contributed by atoms with Crippen LogP contribution in [0.15, 0.2) is 41.8 Å². The fourth-order valence-electron chi connectivity index (χ4n) is 1.82. The molecule has 0 saturated heterocycles. The number of ether oxygens (including phenoxy) is 1. The van der Waals surface area contributed by atoms with Gasteiger partial charge in [-0.1, -0.05) is 30.3 Å². The average molecular weight is 289 g/mol. The number of hydrogen-bond donors (Lipinski definition) is 0. The summed E-state index contributed by atoms with van der Waals surface area (Å²) in [7, 11) is 2.90. The van der Waals surface area contributed by atoms with Gasteiger partial charge in [0, 0.05) is 12.6 Å². The Kier molecular flexibility index (Phi) is 4.53. The number of rotatable bonds is 4. The predicted octanol–water partition coefficient (Wildman–Crippen LogP) is 2.66. The summed E-state index contributed by atoms with van der Waals surface area (Å²) in [5.41, 5.74) is 1.88. The number of hydrogen-bond acceptors (Lipinski definition) is 4. The number of amides is 1. The first-order valence-corrected chi connectivity index (χ1v) is 6.96. The van der Waals surface area contributed by atoms with Crippen LogP contribution in [0.3, 0.4) is 0 Å². The zero-order valence-electron chi connectivity index (χ0n) is 11.3. The Balaban J connectivity index is 2.24. The maximum atomic E-state index is 12.4. The number of carbonyl (C=O) groups is 2. The summed E-state index contributed by atoms with van der Waals surface area (Å²) in [4.78, 5) is 25.6. The lowest BCUT2D eigenvalue weighted by Crippen LogP contribution is -2.32. The molecule has 0 aliphatic heterocycles. The monoisotopic (exact) mass is 289 g/mol. The zero-order valence-corrected chi connectivity index (χ0v) is 12.1. The molecule has 0 spiro atoms. The molecule has 0 fully saturated rings. The van der Waals surface area contributed by atoms with Crippen LogP contribution in [0, 0.1) is 0 Å². The third-order valence-corrected chi connectivity index (χ3v) is 3.79. The van der Waals surface area contributed by atoms with E-state index in [0.717, 1.165) is 11.1 Å². The summed E-state index contributed by atoms with van der Waals surface area (Å²) < 4.78 is 4.57. The van der Waals surface area contributed by atoms with Crippen molar-refractivity contribution >= 4 is 23.2 Å². The van der Waals surface area contributed by atoms with E-state index < -0.39 is 5.97 Å². The minimum atomic E-state index is -0.432. The minimum absolute atomic E-state index is 0.0541. The molecule has 1 aromatic carbocycles. The van der Waals surface area contributed by atoms with Gasteiger partial charge in [-0.25, -0.2) is 0 Å². The summed E-state index contributed by atoms with van der Waals surface area (Å²) in [5.74, 6) is -0.608. The van der Waals surface area contributed by atoms with Gasteiger partial charge >= 0.3 is 5.97 Å². The third-order valence-electron chi connectivity index (χ3n) is 2.88. The van der Waals surface area contributed by atoms with Crippen LogP contribution >= 0.6 is 11.3 Å². The highest BCUT2D eigenvalue weighted by Gasteiger charge is 2.20. The highest BCUT2D eigenvalue weighted by molar-refractivity contribution is 7.12. The first-order valence-electron chi connectivity index (χ1n) is 6.08. The molecule has 4 nitrogen and oxygen atoms in total. The smallest absolute Gasteiger partial charge is 0.325 e. The Bertz CT molecular complexity index is 607. The molecule has 1 amide bonds. The largest absolute Gasteiger partial charge is 0.468 e. The van der Waals surface area contributed by atoms with E-state index in [2.05, 4.69) is 4.74 Å². The lowest BCUT2D eigenvalue weighted by Gasteiger charge is -2.15. The van der Waals surface area contributed by atoms with Gasteiger partial charge in [-0.2, -0.15) is 0 Å². The molecule has 0 unspecified atom stereocenters.